The van der Waals surface area contributed by atoms with Crippen LogP contribution in [0.2, 0.25) is 0 Å². The van der Waals surface area contributed by atoms with Crippen LogP contribution in [-0.2, 0) is 19.4 Å². The number of hydrogen-bond donors (Lipinski definition) is 1. The van der Waals surface area contributed by atoms with Crippen LogP contribution in [0.15, 0.2) is 51.8 Å². The predicted octanol–water partition coefficient (Wildman–Crippen LogP) is 3.57. The molecule has 0 heterocycles. The van der Waals surface area contributed by atoms with Gasteiger partial charge >= 0.3 is 5.97 Å². The summed E-state index contributed by atoms with van der Waals surface area (Å²) in [6, 6.07) is 9.68. The van der Waals surface area contributed by atoms with E-state index in [0.717, 1.165) is 0 Å². The lowest BCUT2D eigenvalue weighted by Crippen LogP contribution is -2.30. The van der Waals surface area contributed by atoms with Gasteiger partial charge in [-0.2, -0.15) is 0 Å². The minimum atomic E-state index is -3.64. The van der Waals surface area contributed by atoms with Crippen molar-refractivity contribution in [2.75, 3.05) is 11.1 Å². The Labute approximate surface area is 164 Å². The van der Waals surface area contributed by atoms with Gasteiger partial charge in [-0.05, 0) is 37.3 Å². The lowest BCUT2D eigenvalue weighted by Gasteiger charge is -2.15. The summed E-state index contributed by atoms with van der Waals surface area (Å²) in [7, 11) is -3.64. The maximum Gasteiger partial charge on any atom is 0.340 e. The average Bonchev–Trinajstić information content (AvgIpc) is 2.63. The summed E-state index contributed by atoms with van der Waals surface area (Å²) in [6.45, 7) is 2.77. The summed E-state index contributed by atoms with van der Waals surface area (Å²) in [6.07, 6.45) is -1.27. The van der Waals surface area contributed by atoms with Crippen LogP contribution in [0.5, 0.6) is 0 Å². The van der Waals surface area contributed by atoms with Crippen molar-refractivity contribution in [1.82, 2.24) is 0 Å². The normalized spacial score (nSPS) is 12.3. The number of hydrogen-bond acceptors (Lipinski definition) is 5. The molecular weight excluding hydrogens is 441 g/mol. The number of nitrogens with one attached hydrogen (secondary N) is 1. The topological polar surface area (TPSA) is 89.5 Å². The van der Waals surface area contributed by atoms with E-state index in [0.29, 0.717) is 4.47 Å². The maximum atomic E-state index is 13.8. The molecule has 2 aromatic rings. The molecule has 6 nitrogen and oxygen atoms in total. The Morgan fingerprint density at radius 2 is 1.89 bits per heavy atom. The lowest BCUT2D eigenvalue weighted by atomic mass is 10.2. The molecular formula is C18H17BrFNO5S. The van der Waals surface area contributed by atoms with Crippen LogP contribution >= 0.6 is 15.9 Å². The van der Waals surface area contributed by atoms with E-state index in [-0.39, 0.29) is 21.9 Å². The molecule has 1 atom stereocenters. The first-order valence-corrected chi connectivity index (χ1v) is 10.4. The van der Waals surface area contributed by atoms with Crippen LogP contribution in [-0.4, -0.2) is 32.2 Å². The number of anilines is 1. The van der Waals surface area contributed by atoms with Gasteiger partial charge in [-0.3, -0.25) is 4.79 Å². The highest BCUT2D eigenvalue weighted by atomic mass is 79.9. The number of sulfone groups is 1. The zero-order valence-electron chi connectivity index (χ0n) is 14.5. The molecule has 0 aromatic heterocycles. The zero-order chi connectivity index (χ0) is 20.2. The van der Waals surface area contributed by atoms with Crippen molar-refractivity contribution < 1.29 is 27.1 Å². The molecule has 0 aliphatic carbocycles. The second-order valence-corrected chi connectivity index (χ2v) is 8.72. The van der Waals surface area contributed by atoms with Crippen molar-refractivity contribution in [3.8, 4) is 0 Å². The van der Waals surface area contributed by atoms with Crippen LogP contribution in [0.1, 0.15) is 24.2 Å². The van der Waals surface area contributed by atoms with Crippen molar-refractivity contribution >= 4 is 43.3 Å². The number of rotatable bonds is 6. The van der Waals surface area contributed by atoms with Crippen molar-refractivity contribution in [1.29, 1.82) is 0 Å². The maximum absolute atomic E-state index is 13.8. The molecule has 1 amide bonds. The summed E-state index contributed by atoms with van der Waals surface area (Å²) >= 11 is 3.11. The highest BCUT2D eigenvalue weighted by Crippen LogP contribution is 2.21. The Balaban J connectivity index is 2.15. The van der Waals surface area contributed by atoms with E-state index >= 15 is 0 Å². The molecule has 1 N–H and O–H groups in total. The molecule has 0 bridgehead atoms. The third-order valence-corrected chi connectivity index (χ3v) is 5.94. The molecule has 0 saturated heterocycles. The van der Waals surface area contributed by atoms with Crippen molar-refractivity contribution in [2.24, 2.45) is 0 Å². The summed E-state index contributed by atoms with van der Waals surface area (Å²) in [5, 5.41) is 2.32. The van der Waals surface area contributed by atoms with Gasteiger partial charge in [-0.25, -0.2) is 17.6 Å². The van der Waals surface area contributed by atoms with E-state index in [9.17, 15) is 22.4 Å². The molecule has 0 radical (unpaired) electrons. The Morgan fingerprint density at radius 1 is 1.22 bits per heavy atom. The monoisotopic (exact) mass is 457 g/mol. The van der Waals surface area contributed by atoms with Crippen LogP contribution in [0.4, 0.5) is 10.1 Å². The Hall–Kier alpha value is -2.26. The predicted molar refractivity (Wildman–Crippen MR) is 102 cm³/mol. The second kappa shape index (κ2) is 8.62. The van der Waals surface area contributed by atoms with E-state index in [1.165, 1.54) is 50.2 Å². The van der Waals surface area contributed by atoms with Gasteiger partial charge in [-0.1, -0.05) is 35.0 Å². The largest absolute Gasteiger partial charge is 0.449 e. The number of carbonyl (C=O) groups is 2. The highest BCUT2D eigenvalue weighted by Gasteiger charge is 2.25. The number of benzene rings is 2. The van der Waals surface area contributed by atoms with Gasteiger partial charge in [-0.15, -0.1) is 0 Å². The first-order chi connectivity index (χ1) is 12.7. The highest BCUT2D eigenvalue weighted by molar-refractivity contribution is 9.10. The first kappa shape index (κ1) is 21.0. The van der Waals surface area contributed by atoms with E-state index in [2.05, 4.69) is 21.2 Å². The Kier molecular flexibility index (Phi) is 6.72. The van der Waals surface area contributed by atoms with Gasteiger partial charge in [0.25, 0.3) is 5.91 Å². The molecule has 0 aliphatic rings. The van der Waals surface area contributed by atoms with Crippen molar-refractivity contribution in [3.63, 3.8) is 0 Å². The molecule has 2 rings (SSSR count). The summed E-state index contributed by atoms with van der Waals surface area (Å²) in [5.41, 5.74) is -0.228. The summed E-state index contributed by atoms with van der Waals surface area (Å²) < 4.78 is 43.6. The van der Waals surface area contributed by atoms with Crippen LogP contribution < -0.4 is 5.32 Å². The SMILES string of the molecule is CCS(=O)(=O)c1ccccc1C(=O)O[C@@H](C)C(=O)Nc1ccc(Br)cc1F. The molecule has 144 valence electrons. The molecule has 2 aromatic carbocycles. The van der Waals surface area contributed by atoms with E-state index in [1.807, 2.05) is 0 Å². The summed E-state index contributed by atoms with van der Waals surface area (Å²) in [4.78, 5) is 24.4. The van der Waals surface area contributed by atoms with Gasteiger partial charge in [0.2, 0.25) is 0 Å². The zero-order valence-corrected chi connectivity index (χ0v) is 16.9. The fourth-order valence-corrected chi connectivity index (χ4v) is 3.58. The average molecular weight is 458 g/mol. The molecule has 0 unspecified atom stereocenters. The van der Waals surface area contributed by atoms with Gasteiger partial charge in [0.15, 0.2) is 15.9 Å². The second-order valence-electron chi connectivity index (χ2n) is 5.56. The van der Waals surface area contributed by atoms with Crippen LogP contribution in [0.25, 0.3) is 0 Å². The molecule has 27 heavy (non-hydrogen) atoms. The van der Waals surface area contributed by atoms with Crippen molar-refractivity contribution in [2.45, 2.75) is 24.8 Å². The molecule has 0 fully saturated rings. The van der Waals surface area contributed by atoms with E-state index in [1.54, 1.807) is 6.07 Å². The van der Waals surface area contributed by atoms with Crippen LogP contribution in [0, 0.1) is 5.82 Å². The Morgan fingerprint density at radius 3 is 2.52 bits per heavy atom. The molecule has 9 heteroatoms. The fraction of sp³-hybridized carbons (Fsp3) is 0.222. The Bertz CT molecular complexity index is 977. The quantitative estimate of drug-likeness (QED) is 0.669. The van der Waals surface area contributed by atoms with Crippen molar-refractivity contribution in [3.05, 3.63) is 58.3 Å². The number of amides is 1. The number of esters is 1. The standard InChI is InChI=1S/C18H17BrFNO5S/c1-3-27(24,25)16-7-5-4-6-13(16)18(23)26-11(2)17(22)21-15-9-8-12(19)10-14(15)20/h4-11H,3H2,1-2H3,(H,21,22)/t11-/m0/s1. The smallest absolute Gasteiger partial charge is 0.340 e. The van der Waals surface area contributed by atoms with Gasteiger partial charge in [0.05, 0.1) is 21.9 Å². The van der Waals surface area contributed by atoms with E-state index < -0.39 is 33.6 Å². The molecule has 0 spiro atoms. The number of ether oxygens (including phenoxy) is 1. The third kappa shape index (κ3) is 5.14. The summed E-state index contributed by atoms with van der Waals surface area (Å²) in [5.74, 6) is -2.55. The molecule has 0 saturated carbocycles. The van der Waals surface area contributed by atoms with Gasteiger partial charge < -0.3 is 10.1 Å². The fourth-order valence-electron chi connectivity index (χ4n) is 2.16. The van der Waals surface area contributed by atoms with Gasteiger partial charge in [0.1, 0.15) is 5.82 Å². The molecule has 0 aliphatic heterocycles. The number of halogens is 2. The van der Waals surface area contributed by atoms with Crippen LogP contribution in [0.3, 0.4) is 0 Å². The minimum absolute atomic E-state index is 0.0694. The van der Waals surface area contributed by atoms with E-state index in [4.69, 9.17) is 4.74 Å². The first-order valence-electron chi connectivity index (χ1n) is 7.94. The number of carbonyl (C=O) groups excluding carboxylic acids is 2. The third-order valence-electron chi connectivity index (χ3n) is 3.66. The minimum Gasteiger partial charge on any atom is -0.449 e. The lowest BCUT2D eigenvalue weighted by molar-refractivity contribution is -0.123. The van der Waals surface area contributed by atoms with Gasteiger partial charge in [0, 0.05) is 4.47 Å².